The Bertz CT molecular complexity index is 31.3. The van der Waals surface area contributed by atoms with Gasteiger partial charge in [-0.15, -0.1) is 19.7 Å². The van der Waals surface area contributed by atoms with Crippen LogP contribution >= 0.6 is 0 Å². The van der Waals surface area contributed by atoms with Gasteiger partial charge in [0.2, 0.25) is 0 Å². The Morgan fingerprint density at radius 3 is 1.00 bits per heavy atom. The van der Waals surface area contributed by atoms with Gasteiger partial charge in [0, 0.05) is 0 Å². The Kier molecular flexibility index (Phi) is 61.9. The van der Waals surface area contributed by atoms with E-state index in [-0.39, 0.29) is 0 Å². The first kappa shape index (κ1) is 15.6. The monoisotopic (exact) mass is 114 g/mol. The highest BCUT2D eigenvalue weighted by molar-refractivity contribution is 4.78. The highest BCUT2D eigenvalue weighted by Crippen LogP contribution is 1.73. The predicted molar refractivity (Wildman–Crippen MR) is 43.1 cm³/mol. The molecule has 0 aromatic heterocycles. The summed E-state index contributed by atoms with van der Waals surface area (Å²) < 4.78 is 0. The van der Waals surface area contributed by atoms with Gasteiger partial charge in [0.15, 0.2) is 0 Å². The van der Waals surface area contributed by atoms with Crippen molar-refractivity contribution in [2.24, 2.45) is 0 Å². The van der Waals surface area contributed by atoms with Crippen LogP contribution < -0.4 is 0 Å². The van der Waals surface area contributed by atoms with Gasteiger partial charge in [-0.3, -0.25) is 0 Å². The van der Waals surface area contributed by atoms with Crippen LogP contribution in [0.1, 0.15) is 27.7 Å². The van der Waals surface area contributed by atoms with Crippen LogP contribution in [-0.4, -0.2) is 0 Å². The maximum absolute atomic E-state index is 3.56. The van der Waals surface area contributed by atoms with Crippen molar-refractivity contribution in [2.75, 3.05) is 0 Å². The van der Waals surface area contributed by atoms with E-state index in [0.29, 0.717) is 0 Å². The second kappa shape index (κ2) is 31.6. The van der Waals surface area contributed by atoms with Crippen LogP contribution in [0, 0.1) is 0 Å². The quantitative estimate of drug-likeness (QED) is 0.423. The lowest BCUT2D eigenvalue weighted by atomic mass is 10.4. The molecule has 0 rings (SSSR count). The third-order valence-electron chi connectivity index (χ3n) is 0. The first-order valence-electron chi connectivity index (χ1n) is 2.85. The second-order valence-electron chi connectivity index (χ2n) is 1.21. The van der Waals surface area contributed by atoms with Crippen LogP contribution in [0.5, 0.6) is 0 Å². The Morgan fingerprint density at radius 1 is 1.00 bits per heavy atom. The van der Waals surface area contributed by atoms with Crippen LogP contribution in [-0.2, 0) is 0 Å². The molecule has 0 fully saturated rings. The van der Waals surface area contributed by atoms with Crippen molar-refractivity contribution < 1.29 is 0 Å². The zero-order valence-electron chi connectivity index (χ0n) is 6.62. The second-order valence-corrected chi connectivity index (χ2v) is 1.21. The van der Waals surface area contributed by atoms with Gasteiger partial charge in [0.05, 0.1) is 0 Å². The average molecular weight is 114 g/mol. The van der Waals surface area contributed by atoms with Gasteiger partial charge in [-0.05, 0) is 13.8 Å². The fourth-order valence-electron chi connectivity index (χ4n) is 0. The standard InChI is InChI=1S/C4H8.C2H6.C2H4/c1-4(2)3;2*1-2/h1H2,2-3H3;1-2H3;1-2H2. The van der Waals surface area contributed by atoms with E-state index in [9.17, 15) is 0 Å². The lowest BCUT2D eigenvalue weighted by molar-refractivity contribution is 1.42. The molecule has 0 unspecified atom stereocenters. The predicted octanol–water partition coefficient (Wildman–Crippen LogP) is 3.41. The van der Waals surface area contributed by atoms with E-state index in [0.717, 1.165) is 0 Å². The molecule has 0 atom stereocenters. The van der Waals surface area contributed by atoms with Gasteiger partial charge < -0.3 is 0 Å². The molecule has 0 spiro atoms. The van der Waals surface area contributed by atoms with E-state index in [1.165, 1.54) is 5.57 Å². The molecule has 0 N–H and O–H groups in total. The van der Waals surface area contributed by atoms with Crippen molar-refractivity contribution in [3.8, 4) is 0 Å². The molecule has 0 aromatic carbocycles. The molecule has 0 aliphatic rings. The molecule has 0 heteroatoms. The van der Waals surface area contributed by atoms with Gasteiger partial charge in [-0.25, -0.2) is 0 Å². The number of hydrogen-bond acceptors (Lipinski definition) is 0. The van der Waals surface area contributed by atoms with Gasteiger partial charge in [-0.1, -0.05) is 19.4 Å². The van der Waals surface area contributed by atoms with Crippen molar-refractivity contribution >= 4 is 0 Å². The minimum absolute atomic E-state index is 1.17. The Hall–Kier alpha value is -0.520. The minimum Gasteiger partial charge on any atom is -0.106 e. The van der Waals surface area contributed by atoms with Crippen LogP contribution in [0.15, 0.2) is 25.3 Å². The Morgan fingerprint density at radius 2 is 1.00 bits per heavy atom. The summed E-state index contributed by atoms with van der Waals surface area (Å²) in [6.45, 7) is 17.5. The highest BCUT2D eigenvalue weighted by Gasteiger charge is 1.51. The number of allylic oxidation sites excluding steroid dienone is 1. The largest absolute Gasteiger partial charge is 0.106 e. The van der Waals surface area contributed by atoms with E-state index in [1.54, 1.807) is 0 Å². The van der Waals surface area contributed by atoms with Gasteiger partial charge >= 0.3 is 0 Å². The van der Waals surface area contributed by atoms with E-state index in [1.807, 2.05) is 27.7 Å². The first-order valence-corrected chi connectivity index (χ1v) is 2.85. The summed E-state index contributed by atoms with van der Waals surface area (Å²) in [5.41, 5.74) is 1.17. The van der Waals surface area contributed by atoms with Gasteiger partial charge in [-0.2, -0.15) is 0 Å². The molecule has 0 amide bonds. The van der Waals surface area contributed by atoms with Crippen LogP contribution in [0.4, 0.5) is 0 Å². The summed E-state index contributed by atoms with van der Waals surface area (Å²) in [5, 5.41) is 0. The van der Waals surface area contributed by atoms with E-state index >= 15 is 0 Å². The third-order valence-corrected chi connectivity index (χ3v) is 0. The molecule has 0 aliphatic heterocycles. The summed E-state index contributed by atoms with van der Waals surface area (Å²) in [7, 11) is 0. The summed E-state index contributed by atoms with van der Waals surface area (Å²) in [6.07, 6.45) is 0. The van der Waals surface area contributed by atoms with Crippen LogP contribution in [0.25, 0.3) is 0 Å². The fraction of sp³-hybridized carbons (Fsp3) is 0.500. The molecule has 0 aliphatic carbocycles. The SMILES string of the molecule is C=C.C=C(C)C.CC. The van der Waals surface area contributed by atoms with E-state index in [2.05, 4.69) is 19.7 Å². The van der Waals surface area contributed by atoms with E-state index in [4.69, 9.17) is 0 Å². The van der Waals surface area contributed by atoms with Gasteiger partial charge in [0.1, 0.15) is 0 Å². The van der Waals surface area contributed by atoms with Crippen LogP contribution in [0.2, 0.25) is 0 Å². The topological polar surface area (TPSA) is 0 Å². The van der Waals surface area contributed by atoms with Gasteiger partial charge in [0.25, 0.3) is 0 Å². The lowest BCUT2D eigenvalue weighted by Crippen LogP contribution is -1.43. The summed E-state index contributed by atoms with van der Waals surface area (Å²) in [4.78, 5) is 0. The normalized spacial score (nSPS) is 4.50. The van der Waals surface area contributed by atoms with Crippen LogP contribution in [0.3, 0.4) is 0 Å². The van der Waals surface area contributed by atoms with E-state index < -0.39 is 0 Å². The lowest BCUT2D eigenvalue weighted by Gasteiger charge is -1.65. The molecular formula is C8H18. The molecule has 50 valence electrons. The number of rotatable bonds is 0. The molecule has 0 saturated carbocycles. The fourth-order valence-corrected chi connectivity index (χ4v) is 0. The molecule has 0 bridgehead atoms. The highest BCUT2D eigenvalue weighted by atomic mass is 13.6. The molecular weight excluding hydrogens is 96.1 g/mol. The zero-order valence-corrected chi connectivity index (χ0v) is 6.62. The average Bonchev–Trinajstić information content (AvgIpc) is 1.75. The number of hydrogen-bond donors (Lipinski definition) is 0. The molecule has 8 heavy (non-hydrogen) atoms. The van der Waals surface area contributed by atoms with Crippen molar-refractivity contribution in [1.29, 1.82) is 0 Å². The summed E-state index contributed by atoms with van der Waals surface area (Å²) >= 11 is 0. The summed E-state index contributed by atoms with van der Waals surface area (Å²) in [5.74, 6) is 0. The Labute approximate surface area is 53.9 Å². The maximum Gasteiger partial charge on any atom is -0.0445 e. The zero-order chi connectivity index (χ0) is 7.58. The van der Waals surface area contributed by atoms with Crippen molar-refractivity contribution in [1.82, 2.24) is 0 Å². The maximum atomic E-state index is 3.56. The minimum atomic E-state index is 1.17. The first-order chi connectivity index (χ1) is 3.73. The van der Waals surface area contributed by atoms with Crippen molar-refractivity contribution in [3.05, 3.63) is 25.3 Å². The molecule has 0 heterocycles. The van der Waals surface area contributed by atoms with Crippen molar-refractivity contribution in [3.63, 3.8) is 0 Å². The molecule has 0 saturated heterocycles. The third kappa shape index (κ3) is 407. The molecule has 0 nitrogen and oxygen atoms in total. The summed E-state index contributed by atoms with van der Waals surface area (Å²) in [6, 6.07) is 0. The van der Waals surface area contributed by atoms with Crippen molar-refractivity contribution in [2.45, 2.75) is 27.7 Å². The smallest absolute Gasteiger partial charge is 0.0445 e. The molecule has 0 aromatic rings. The Balaban J connectivity index is -0.0000000542. The molecule has 0 radical (unpaired) electrons.